The molecule has 2 unspecified atom stereocenters. The van der Waals surface area contributed by atoms with Gasteiger partial charge < -0.3 is 19.6 Å². The average Bonchev–Trinajstić information content (AvgIpc) is 3.22. The molecule has 0 saturated heterocycles. The van der Waals surface area contributed by atoms with Crippen LogP contribution in [0.4, 0.5) is 0 Å². The van der Waals surface area contributed by atoms with E-state index in [9.17, 15) is 5.11 Å². The minimum Gasteiger partial charge on any atom is -0.489 e. The van der Waals surface area contributed by atoms with Crippen LogP contribution in [0, 0.1) is 0 Å². The molecule has 1 heterocycles. The number of ether oxygens (including phenoxy) is 1. The summed E-state index contributed by atoms with van der Waals surface area (Å²) in [5.41, 5.74) is 2.38. The third kappa shape index (κ3) is 5.09. The molecule has 4 aromatic rings. The van der Waals surface area contributed by atoms with Gasteiger partial charge in [0.25, 0.3) is 0 Å². The molecule has 2 atom stereocenters. The van der Waals surface area contributed by atoms with E-state index in [4.69, 9.17) is 9.15 Å². The molecule has 2 N–H and O–H groups in total. The maximum Gasteiger partial charge on any atom is 0.141 e. The lowest BCUT2D eigenvalue weighted by atomic mass is 10.1. The zero-order valence-electron chi connectivity index (χ0n) is 17.1. The number of aliphatic hydroxyl groups excluding tert-OH is 1. The number of rotatable bonds is 9. The van der Waals surface area contributed by atoms with Crippen molar-refractivity contribution in [2.45, 2.75) is 32.1 Å². The molecule has 0 aliphatic rings. The lowest BCUT2D eigenvalue weighted by Gasteiger charge is -2.17. The Balaban J connectivity index is 1.26. The zero-order chi connectivity index (χ0) is 20.8. The maximum absolute atomic E-state index is 10.5. The zero-order valence-corrected chi connectivity index (χ0v) is 17.1. The lowest BCUT2D eigenvalue weighted by Crippen LogP contribution is -2.32. The molecular formula is C26H27NO3. The van der Waals surface area contributed by atoms with Gasteiger partial charge in [0, 0.05) is 23.4 Å². The third-order valence-electron chi connectivity index (χ3n) is 5.21. The van der Waals surface area contributed by atoms with Crippen LogP contribution >= 0.6 is 0 Å². The largest absolute Gasteiger partial charge is 0.489 e. The molecule has 0 aliphatic carbocycles. The topological polar surface area (TPSA) is 54.6 Å². The van der Waals surface area contributed by atoms with E-state index in [1.54, 1.807) is 6.26 Å². The van der Waals surface area contributed by atoms with Crippen molar-refractivity contribution in [2.24, 2.45) is 0 Å². The predicted molar refractivity (Wildman–Crippen MR) is 120 cm³/mol. The Labute approximate surface area is 177 Å². The average molecular weight is 402 g/mol. The number of aliphatic hydroxyl groups is 1. The quantitative estimate of drug-likeness (QED) is 0.401. The summed E-state index contributed by atoms with van der Waals surface area (Å²) in [5.74, 6) is 1.48. The standard InChI is InChI=1S/C26H27NO3/c1-19(27-16-25(28)26-24-10-6-5-9-22(24)18-30-26)15-20-11-13-23(14-12-20)29-17-21-7-3-2-4-8-21/h2-14,18-19,25,27-28H,15-17H2,1H3. The van der Waals surface area contributed by atoms with Gasteiger partial charge in [-0.05, 0) is 36.6 Å². The van der Waals surface area contributed by atoms with Crippen molar-refractivity contribution in [1.82, 2.24) is 5.32 Å². The van der Waals surface area contributed by atoms with Crippen LogP contribution in [0.3, 0.4) is 0 Å². The van der Waals surface area contributed by atoms with Gasteiger partial charge >= 0.3 is 0 Å². The van der Waals surface area contributed by atoms with E-state index in [2.05, 4.69) is 36.5 Å². The Kier molecular flexibility index (Phi) is 6.47. The summed E-state index contributed by atoms with van der Waals surface area (Å²) in [4.78, 5) is 0. The molecule has 0 amide bonds. The lowest BCUT2D eigenvalue weighted by molar-refractivity contribution is 0.146. The van der Waals surface area contributed by atoms with Crippen molar-refractivity contribution in [3.8, 4) is 5.75 Å². The molecule has 4 rings (SSSR count). The first kappa shape index (κ1) is 20.2. The van der Waals surface area contributed by atoms with Crippen LogP contribution in [0.15, 0.2) is 89.5 Å². The number of nitrogens with one attached hydrogen (secondary N) is 1. The monoisotopic (exact) mass is 401 g/mol. The Morgan fingerprint density at radius 2 is 1.63 bits per heavy atom. The molecule has 4 heteroatoms. The van der Waals surface area contributed by atoms with Crippen LogP contribution < -0.4 is 10.1 Å². The SMILES string of the molecule is CC(Cc1ccc(OCc2ccccc2)cc1)NCC(O)c1occ2ccccc12. The van der Waals surface area contributed by atoms with Gasteiger partial charge in [-0.2, -0.15) is 0 Å². The highest BCUT2D eigenvalue weighted by Crippen LogP contribution is 2.26. The Hall–Kier alpha value is -3.08. The van der Waals surface area contributed by atoms with E-state index in [-0.39, 0.29) is 6.04 Å². The number of fused-ring (bicyclic) bond motifs is 1. The smallest absolute Gasteiger partial charge is 0.141 e. The Bertz CT molecular complexity index is 1060. The summed E-state index contributed by atoms with van der Waals surface area (Å²) >= 11 is 0. The van der Waals surface area contributed by atoms with Gasteiger partial charge in [-0.25, -0.2) is 0 Å². The number of hydrogen-bond acceptors (Lipinski definition) is 4. The highest BCUT2D eigenvalue weighted by atomic mass is 16.5. The summed E-state index contributed by atoms with van der Waals surface area (Å²) in [5, 5.41) is 15.9. The first-order chi connectivity index (χ1) is 14.7. The molecule has 0 spiro atoms. The van der Waals surface area contributed by atoms with Crippen molar-refractivity contribution in [1.29, 1.82) is 0 Å². The third-order valence-corrected chi connectivity index (χ3v) is 5.21. The first-order valence-electron chi connectivity index (χ1n) is 10.3. The normalized spacial score (nSPS) is 13.3. The van der Waals surface area contributed by atoms with E-state index >= 15 is 0 Å². The van der Waals surface area contributed by atoms with E-state index < -0.39 is 6.10 Å². The maximum atomic E-state index is 10.5. The molecule has 0 radical (unpaired) electrons. The fourth-order valence-electron chi connectivity index (χ4n) is 3.57. The molecule has 0 saturated carbocycles. The summed E-state index contributed by atoms with van der Waals surface area (Å²) in [6, 6.07) is 26.4. The summed E-state index contributed by atoms with van der Waals surface area (Å²) < 4.78 is 11.4. The fraction of sp³-hybridized carbons (Fsp3) is 0.231. The van der Waals surface area contributed by atoms with Gasteiger partial charge in [0.1, 0.15) is 24.2 Å². The summed E-state index contributed by atoms with van der Waals surface area (Å²) in [7, 11) is 0. The molecule has 3 aromatic carbocycles. The fourth-order valence-corrected chi connectivity index (χ4v) is 3.57. The number of benzene rings is 3. The minimum absolute atomic E-state index is 0.219. The van der Waals surface area contributed by atoms with Crippen LogP contribution in [0.5, 0.6) is 5.75 Å². The molecule has 30 heavy (non-hydrogen) atoms. The molecule has 0 fully saturated rings. The van der Waals surface area contributed by atoms with E-state index in [1.165, 1.54) is 5.56 Å². The minimum atomic E-state index is -0.680. The van der Waals surface area contributed by atoms with Crippen LogP contribution in [-0.2, 0) is 13.0 Å². The summed E-state index contributed by atoms with van der Waals surface area (Å²) in [6.07, 6.45) is 1.88. The molecule has 154 valence electrons. The first-order valence-corrected chi connectivity index (χ1v) is 10.3. The molecule has 4 nitrogen and oxygen atoms in total. The van der Waals surface area contributed by atoms with Gasteiger partial charge in [-0.15, -0.1) is 0 Å². The second-order valence-corrected chi connectivity index (χ2v) is 7.63. The van der Waals surface area contributed by atoms with Crippen LogP contribution in [0.1, 0.15) is 29.9 Å². The van der Waals surface area contributed by atoms with E-state index in [0.717, 1.165) is 28.5 Å². The Morgan fingerprint density at radius 3 is 2.43 bits per heavy atom. The van der Waals surface area contributed by atoms with Crippen molar-refractivity contribution in [3.63, 3.8) is 0 Å². The van der Waals surface area contributed by atoms with Gasteiger partial charge in [0.05, 0.1) is 6.26 Å². The van der Waals surface area contributed by atoms with Crippen LogP contribution in [-0.4, -0.2) is 17.7 Å². The van der Waals surface area contributed by atoms with Gasteiger partial charge in [0.15, 0.2) is 0 Å². The van der Waals surface area contributed by atoms with Crippen molar-refractivity contribution < 1.29 is 14.3 Å². The van der Waals surface area contributed by atoms with Crippen LogP contribution in [0.2, 0.25) is 0 Å². The van der Waals surface area contributed by atoms with Crippen LogP contribution in [0.25, 0.3) is 10.8 Å². The molecule has 1 aromatic heterocycles. The number of furan rings is 1. The van der Waals surface area contributed by atoms with Crippen molar-refractivity contribution in [2.75, 3.05) is 6.54 Å². The molecular weight excluding hydrogens is 374 g/mol. The highest BCUT2D eigenvalue weighted by molar-refractivity contribution is 5.84. The molecule has 0 bridgehead atoms. The van der Waals surface area contributed by atoms with Crippen molar-refractivity contribution >= 4 is 10.8 Å². The van der Waals surface area contributed by atoms with Gasteiger partial charge in [-0.1, -0.05) is 66.7 Å². The van der Waals surface area contributed by atoms with Crippen molar-refractivity contribution in [3.05, 3.63) is 102 Å². The second kappa shape index (κ2) is 9.61. The van der Waals surface area contributed by atoms with Gasteiger partial charge in [0.2, 0.25) is 0 Å². The Morgan fingerprint density at radius 1 is 0.900 bits per heavy atom. The van der Waals surface area contributed by atoms with E-state index in [0.29, 0.717) is 18.9 Å². The second-order valence-electron chi connectivity index (χ2n) is 7.63. The van der Waals surface area contributed by atoms with E-state index in [1.807, 2.05) is 54.6 Å². The number of hydrogen-bond donors (Lipinski definition) is 2. The molecule has 0 aliphatic heterocycles. The summed E-state index contributed by atoms with van der Waals surface area (Å²) in [6.45, 7) is 3.13. The highest BCUT2D eigenvalue weighted by Gasteiger charge is 2.16. The van der Waals surface area contributed by atoms with Gasteiger partial charge in [-0.3, -0.25) is 0 Å². The predicted octanol–water partition coefficient (Wildman–Crippen LogP) is 5.27.